The molecule has 0 aromatic heterocycles. The van der Waals surface area contributed by atoms with Crippen molar-refractivity contribution in [2.75, 3.05) is 0 Å². The minimum atomic E-state index is -4.12. The maximum atomic E-state index is 13.0. The zero-order valence-electron chi connectivity index (χ0n) is 11.3. The third-order valence-electron chi connectivity index (χ3n) is 4.59. The lowest BCUT2D eigenvalue weighted by molar-refractivity contribution is -0.190. The van der Waals surface area contributed by atoms with Crippen molar-refractivity contribution in [3.63, 3.8) is 0 Å². The van der Waals surface area contributed by atoms with E-state index in [4.69, 9.17) is 0 Å². The summed E-state index contributed by atoms with van der Waals surface area (Å²) in [7, 11) is 0. The van der Waals surface area contributed by atoms with E-state index in [0.29, 0.717) is 19.3 Å². The van der Waals surface area contributed by atoms with E-state index in [0.717, 1.165) is 32.1 Å². The van der Waals surface area contributed by atoms with Crippen molar-refractivity contribution < 1.29 is 18.3 Å². The summed E-state index contributed by atoms with van der Waals surface area (Å²) in [5.74, 6) is -1.24. The second-order valence-electron chi connectivity index (χ2n) is 6.02. The Morgan fingerprint density at radius 3 is 2.11 bits per heavy atom. The van der Waals surface area contributed by atoms with Crippen LogP contribution in [-0.2, 0) is 0 Å². The summed E-state index contributed by atoms with van der Waals surface area (Å²) in [5, 5.41) is 13.2. The van der Waals surface area contributed by atoms with Crippen molar-refractivity contribution in [3.8, 4) is 0 Å². The average molecular weight is 279 g/mol. The lowest BCUT2D eigenvalue weighted by atomic mass is 9.83. The zero-order valence-corrected chi connectivity index (χ0v) is 11.3. The smallest absolute Gasteiger partial charge is 0.392 e. The van der Waals surface area contributed by atoms with E-state index in [1.807, 2.05) is 0 Å². The minimum Gasteiger partial charge on any atom is -0.392 e. The molecule has 0 bridgehead atoms. The van der Waals surface area contributed by atoms with Crippen LogP contribution in [0.15, 0.2) is 0 Å². The molecule has 0 aromatic carbocycles. The van der Waals surface area contributed by atoms with Gasteiger partial charge < -0.3 is 10.4 Å². The molecule has 0 heterocycles. The van der Waals surface area contributed by atoms with Crippen LogP contribution in [0.2, 0.25) is 0 Å². The van der Waals surface area contributed by atoms with E-state index in [2.05, 4.69) is 5.32 Å². The molecule has 19 heavy (non-hydrogen) atoms. The van der Waals surface area contributed by atoms with E-state index in [1.54, 1.807) is 0 Å². The van der Waals surface area contributed by atoms with E-state index in [1.165, 1.54) is 0 Å². The Kier molecular flexibility index (Phi) is 5.12. The standard InChI is InChI=1S/C14H24F3NO/c15-14(16,17)10-6-4-5-7-11(10)18-12-8-2-1-3-9-13(12)19/h10-13,18-19H,1-9H2. The van der Waals surface area contributed by atoms with Gasteiger partial charge in [0.2, 0.25) is 0 Å². The fraction of sp³-hybridized carbons (Fsp3) is 1.00. The molecule has 2 rings (SSSR count). The largest absolute Gasteiger partial charge is 0.393 e. The molecule has 0 saturated heterocycles. The first kappa shape index (κ1) is 15.1. The summed E-state index contributed by atoms with van der Waals surface area (Å²) in [4.78, 5) is 0. The molecule has 0 spiro atoms. The predicted octanol–water partition coefficient (Wildman–Crippen LogP) is 3.39. The Morgan fingerprint density at radius 1 is 0.789 bits per heavy atom. The van der Waals surface area contributed by atoms with Crippen LogP contribution in [0.25, 0.3) is 0 Å². The molecule has 4 atom stereocenters. The Labute approximate surface area is 112 Å². The average Bonchev–Trinajstić information content (AvgIpc) is 2.54. The lowest BCUT2D eigenvalue weighted by Gasteiger charge is -2.37. The van der Waals surface area contributed by atoms with Crippen molar-refractivity contribution in [3.05, 3.63) is 0 Å². The summed E-state index contributed by atoms with van der Waals surface area (Å²) in [6.07, 6.45) is 2.27. The van der Waals surface area contributed by atoms with Gasteiger partial charge in [-0.25, -0.2) is 0 Å². The van der Waals surface area contributed by atoms with Gasteiger partial charge in [-0.1, -0.05) is 32.1 Å². The van der Waals surface area contributed by atoms with Crippen LogP contribution in [0.1, 0.15) is 57.8 Å². The quantitative estimate of drug-likeness (QED) is 0.759. The molecule has 0 radical (unpaired) electrons. The van der Waals surface area contributed by atoms with Crippen LogP contribution in [0.4, 0.5) is 13.2 Å². The number of hydrogen-bond acceptors (Lipinski definition) is 2. The topological polar surface area (TPSA) is 32.3 Å². The first-order valence-corrected chi connectivity index (χ1v) is 7.49. The van der Waals surface area contributed by atoms with Gasteiger partial charge >= 0.3 is 6.18 Å². The predicted molar refractivity (Wildman–Crippen MR) is 67.8 cm³/mol. The Balaban J connectivity index is 1.98. The van der Waals surface area contributed by atoms with E-state index in [-0.39, 0.29) is 12.5 Å². The van der Waals surface area contributed by atoms with Crippen LogP contribution in [0.3, 0.4) is 0 Å². The monoisotopic (exact) mass is 279 g/mol. The Hall–Kier alpha value is -0.290. The van der Waals surface area contributed by atoms with E-state index in [9.17, 15) is 18.3 Å². The van der Waals surface area contributed by atoms with Crippen molar-refractivity contribution >= 4 is 0 Å². The molecule has 112 valence electrons. The molecule has 2 nitrogen and oxygen atoms in total. The van der Waals surface area contributed by atoms with Gasteiger partial charge in [0.05, 0.1) is 12.0 Å². The third-order valence-corrected chi connectivity index (χ3v) is 4.59. The highest BCUT2D eigenvalue weighted by Gasteiger charge is 2.46. The molecule has 0 aliphatic heterocycles. The van der Waals surface area contributed by atoms with Crippen LogP contribution in [0.5, 0.6) is 0 Å². The van der Waals surface area contributed by atoms with E-state index < -0.39 is 24.2 Å². The summed E-state index contributed by atoms with van der Waals surface area (Å²) in [6, 6.07) is -0.665. The molecular formula is C14H24F3NO. The van der Waals surface area contributed by atoms with Crippen molar-refractivity contribution in [2.24, 2.45) is 5.92 Å². The van der Waals surface area contributed by atoms with Crippen LogP contribution in [-0.4, -0.2) is 29.5 Å². The summed E-state index contributed by atoms with van der Waals surface area (Å²) < 4.78 is 39.1. The summed E-state index contributed by atoms with van der Waals surface area (Å²) in [6.45, 7) is 0. The molecule has 2 fully saturated rings. The Morgan fingerprint density at radius 2 is 1.37 bits per heavy atom. The fourth-order valence-corrected chi connectivity index (χ4v) is 3.48. The highest BCUT2D eigenvalue weighted by Crippen LogP contribution is 2.38. The maximum Gasteiger partial charge on any atom is 0.393 e. The molecule has 2 aliphatic rings. The number of rotatable bonds is 2. The number of aliphatic hydroxyl groups excluding tert-OH is 1. The molecule has 0 amide bonds. The highest BCUT2D eigenvalue weighted by atomic mass is 19.4. The summed E-state index contributed by atoms with van der Waals surface area (Å²) in [5.41, 5.74) is 0. The molecule has 4 unspecified atom stereocenters. The lowest BCUT2D eigenvalue weighted by Crippen LogP contribution is -2.52. The molecule has 2 aliphatic carbocycles. The van der Waals surface area contributed by atoms with Gasteiger partial charge in [0.15, 0.2) is 0 Å². The van der Waals surface area contributed by atoms with Gasteiger partial charge in [0.1, 0.15) is 0 Å². The summed E-state index contributed by atoms with van der Waals surface area (Å²) >= 11 is 0. The number of halogens is 3. The SMILES string of the molecule is OC1CCCCCC1NC1CCCCC1C(F)(F)F. The fourth-order valence-electron chi connectivity index (χ4n) is 3.48. The number of alkyl halides is 3. The first-order chi connectivity index (χ1) is 8.98. The molecule has 0 aromatic rings. The molecule has 5 heteroatoms. The number of nitrogens with one attached hydrogen (secondary N) is 1. The van der Waals surface area contributed by atoms with Gasteiger partial charge in [0.25, 0.3) is 0 Å². The van der Waals surface area contributed by atoms with Gasteiger partial charge in [-0.3, -0.25) is 0 Å². The normalized spacial score (nSPS) is 37.9. The number of hydrogen-bond donors (Lipinski definition) is 2. The first-order valence-electron chi connectivity index (χ1n) is 7.49. The molecule has 2 saturated carbocycles. The van der Waals surface area contributed by atoms with Crippen molar-refractivity contribution in [2.45, 2.75) is 82.2 Å². The van der Waals surface area contributed by atoms with Crippen molar-refractivity contribution in [1.82, 2.24) is 5.32 Å². The van der Waals surface area contributed by atoms with Crippen molar-refractivity contribution in [1.29, 1.82) is 0 Å². The van der Waals surface area contributed by atoms with Crippen LogP contribution < -0.4 is 5.32 Å². The minimum absolute atomic E-state index is 0.157. The van der Waals surface area contributed by atoms with Gasteiger partial charge in [0, 0.05) is 12.1 Å². The van der Waals surface area contributed by atoms with Gasteiger partial charge in [-0.05, 0) is 25.7 Å². The maximum absolute atomic E-state index is 13.0. The molecule has 2 N–H and O–H groups in total. The second-order valence-corrected chi connectivity index (χ2v) is 6.02. The molecular weight excluding hydrogens is 255 g/mol. The van der Waals surface area contributed by atoms with Crippen LogP contribution >= 0.6 is 0 Å². The third kappa shape index (κ3) is 4.09. The van der Waals surface area contributed by atoms with E-state index >= 15 is 0 Å². The number of aliphatic hydroxyl groups is 1. The van der Waals surface area contributed by atoms with Gasteiger partial charge in [-0.15, -0.1) is 0 Å². The highest BCUT2D eigenvalue weighted by molar-refractivity contribution is 4.90. The Bertz CT molecular complexity index is 282. The van der Waals surface area contributed by atoms with Gasteiger partial charge in [-0.2, -0.15) is 13.2 Å². The zero-order chi connectivity index (χ0) is 13.9. The second kappa shape index (κ2) is 6.44. The van der Waals surface area contributed by atoms with Crippen LogP contribution in [0, 0.1) is 5.92 Å².